The summed E-state index contributed by atoms with van der Waals surface area (Å²) in [6.45, 7) is 2.18. The van der Waals surface area contributed by atoms with Gasteiger partial charge in [-0.05, 0) is 60.6 Å². The number of thiocarbonyl (C=S) groups is 1. The van der Waals surface area contributed by atoms with Crippen molar-refractivity contribution >= 4 is 38.8 Å². The number of piperidine rings is 1. The summed E-state index contributed by atoms with van der Waals surface area (Å²) in [5, 5.41) is 3.51. The van der Waals surface area contributed by atoms with Crippen LogP contribution >= 0.6 is 28.1 Å². The molecular weight excluding hydrogens is 322 g/mol. The van der Waals surface area contributed by atoms with Gasteiger partial charge < -0.3 is 16.0 Å². The lowest BCUT2D eigenvalue weighted by Gasteiger charge is -2.32. The summed E-state index contributed by atoms with van der Waals surface area (Å²) in [5.74, 6) is 0. The molecule has 0 bridgehead atoms. The van der Waals surface area contributed by atoms with Gasteiger partial charge in [0.2, 0.25) is 0 Å². The number of nitrogens with one attached hydrogen (secondary N) is 1. The Balaban J connectivity index is 1.97. The van der Waals surface area contributed by atoms with Gasteiger partial charge in [-0.15, -0.1) is 0 Å². The molecule has 1 aromatic carbocycles. The molecule has 3 nitrogen and oxygen atoms in total. The fourth-order valence-corrected chi connectivity index (χ4v) is 3.09. The molecule has 19 heavy (non-hydrogen) atoms. The van der Waals surface area contributed by atoms with E-state index in [0.29, 0.717) is 11.0 Å². The Hall–Kier alpha value is -0.650. The highest BCUT2D eigenvalue weighted by atomic mass is 79.9. The number of benzene rings is 1. The molecule has 5 heteroatoms. The summed E-state index contributed by atoms with van der Waals surface area (Å²) < 4.78 is 1.01. The number of nitrogens with two attached hydrogens (primary N) is 1. The van der Waals surface area contributed by atoms with E-state index in [0.717, 1.165) is 22.3 Å². The molecule has 0 saturated carbocycles. The SMILES string of the molecule is CN1CCCCC1CNc1ccc(C(N)=S)cc1Br. The number of hydrogen-bond donors (Lipinski definition) is 2. The van der Waals surface area contributed by atoms with E-state index >= 15 is 0 Å². The Labute approximate surface area is 128 Å². The number of rotatable bonds is 4. The maximum absolute atomic E-state index is 5.63. The van der Waals surface area contributed by atoms with Gasteiger partial charge in [-0.1, -0.05) is 18.6 Å². The van der Waals surface area contributed by atoms with Crippen LogP contribution in [0.2, 0.25) is 0 Å². The Morgan fingerprint density at radius 2 is 2.32 bits per heavy atom. The summed E-state index contributed by atoms with van der Waals surface area (Å²) in [6.07, 6.45) is 3.92. The fraction of sp³-hybridized carbons (Fsp3) is 0.500. The van der Waals surface area contributed by atoms with Crippen molar-refractivity contribution < 1.29 is 0 Å². The largest absolute Gasteiger partial charge is 0.389 e. The van der Waals surface area contributed by atoms with Gasteiger partial charge in [0.1, 0.15) is 4.99 Å². The normalized spacial score (nSPS) is 20.2. The van der Waals surface area contributed by atoms with E-state index in [1.807, 2.05) is 18.2 Å². The van der Waals surface area contributed by atoms with E-state index in [1.54, 1.807) is 0 Å². The second-order valence-corrected chi connectivity index (χ2v) is 6.36. The minimum Gasteiger partial charge on any atom is -0.389 e. The standard InChI is InChI=1S/C14H20BrN3S/c1-18-7-3-2-4-11(18)9-17-13-6-5-10(14(16)19)8-12(13)15/h5-6,8,11,17H,2-4,7,9H2,1H3,(H2,16,19). The van der Waals surface area contributed by atoms with Crippen molar-refractivity contribution in [3.05, 3.63) is 28.2 Å². The molecule has 2 rings (SSSR count). The molecule has 104 valence electrons. The van der Waals surface area contributed by atoms with E-state index in [-0.39, 0.29) is 0 Å². The van der Waals surface area contributed by atoms with Gasteiger partial charge in [0, 0.05) is 28.3 Å². The Bertz CT molecular complexity index is 464. The van der Waals surface area contributed by atoms with Gasteiger partial charge in [-0.25, -0.2) is 0 Å². The lowest BCUT2D eigenvalue weighted by atomic mass is 10.0. The highest BCUT2D eigenvalue weighted by Gasteiger charge is 2.18. The second-order valence-electron chi connectivity index (χ2n) is 5.07. The first-order valence-electron chi connectivity index (χ1n) is 6.61. The second kappa shape index (κ2) is 6.68. The van der Waals surface area contributed by atoms with E-state index in [2.05, 4.69) is 33.2 Å². The van der Waals surface area contributed by atoms with E-state index in [1.165, 1.54) is 25.8 Å². The van der Waals surface area contributed by atoms with Crippen LogP contribution in [0.5, 0.6) is 0 Å². The molecule has 0 radical (unpaired) electrons. The molecular formula is C14H20BrN3S. The Morgan fingerprint density at radius 3 is 2.95 bits per heavy atom. The molecule has 3 N–H and O–H groups in total. The summed E-state index contributed by atoms with van der Waals surface area (Å²) in [4.78, 5) is 2.87. The fourth-order valence-electron chi connectivity index (χ4n) is 2.44. The molecule has 1 aliphatic rings. The lowest BCUT2D eigenvalue weighted by molar-refractivity contribution is 0.194. The van der Waals surface area contributed by atoms with E-state index in [4.69, 9.17) is 18.0 Å². The van der Waals surface area contributed by atoms with Crippen molar-refractivity contribution in [2.75, 3.05) is 25.5 Å². The number of nitrogens with zero attached hydrogens (tertiary/aromatic N) is 1. The highest BCUT2D eigenvalue weighted by molar-refractivity contribution is 9.10. The van der Waals surface area contributed by atoms with Crippen LogP contribution in [0, 0.1) is 0 Å². The van der Waals surface area contributed by atoms with Crippen LogP contribution in [0.25, 0.3) is 0 Å². The number of hydrogen-bond acceptors (Lipinski definition) is 3. The van der Waals surface area contributed by atoms with Crippen LogP contribution < -0.4 is 11.1 Å². The average molecular weight is 342 g/mol. The maximum Gasteiger partial charge on any atom is 0.104 e. The van der Waals surface area contributed by atoms with Crippen molar-refractivity contribution in [2.24, 2.45) is 5.73 Å². The number of anilines is 1. The van der Waals surface area contributed by atoms with Crippen molar-refractivity contribution in [1.82, 2.24) is 4.90 Å². The molecule has 1 aromatic rings. The third kappa shape index (κ3) is 3.91. The van der Waals surface area contributed by atoms with Crippen molar-refractivity contribution in [3.8, 4) is 0 Å². The van der Waals surface area contributed by atoms with Gasteiger partial charge in [0.05, 0.1) is 0 Å². The first-order chi connectivity index (χ1) is 9.08. The van der Waals surface area contributed by atoms with Crippen LogP contribution in [0.4, 0.5) is 5.69 Å². The van der Waals surface area contributed by atoms with Gasteiger partial charge in [-0.2, -0.15) is 0 Å². The molecule has 1 fully saturated rings. The summed E-state index contributed by atoms with van der Waals surface area (Å²) in [5.41, 5.74) is 7.61. The molecule has 1 atom stereocenters. The van der Waals surface area contributed by atoms with Crippen molar-refractivity contribution in [3.63, 3.8) is 0 Å². The first-order valence-corrected chi connectivity index (χ1v) is 7.81. The predicted molar refractivity (Wildman–Crippen MR) is 88.8 cm³/mol. The van der Waals surface area contributed by atoms with Crippen LogP contribution in [-0.2, 0) is 0 Å². The lowest BCUT2D eigenvalue weighted by Crippen LogP contribution is -2.40. The minimum absolute atomic E-state index is 0.430. The highest BCUT2D eigenvalue weighted by Crippen LogP contribution is 2.24. The topological polar surface area (TPSA) is 41.3 Å². The quantitative estimate of drug-likeness (QED) is 0.826. The van der Waals surface area contributed by atoms with Gasteiger partial charge in [0.25, 0.3) is 0 Å². The van der Waals surface area contributed by atoms with Gasteiger partial charge in [0.15, 0.2) is 0 Å². The molecule has 1 unspecified atom stereocenters. The summed E-state index contributed by atoms with van der Waals surface area (Å²) in [7, 11) is 2.20. The van der Waals surface area contributed by atoms with Gasteiger partial charge >= 0.3 is 0 Å². The Kier molecular flexibility index (Phi) is 5.19. The van der Waals surface area contributed by atoms with Crippen LogP contribution in [0.15, 0.2) is 22.7 Å². The zero-order valence-corrected chi connectivity index (χ0v) is 13.6. The predicted octanol–water partition coefficient (Wildman–Crippen LogP) is 2.98. The van der Waals surface area contributed by atoms with Crippen LogP contribution in [-0.4, -0.2) is 36.1 Å². The number of likely N-dealkylation sites (N-methyl/N-ethyl adjacent to an activating group) is 1. The van der Waals surface area contributed by atoms with Crippen LogP contribution in [0.1, 0.15) is 24.8 Å². The molecule has 1 aliphatic heterocycles. The van der Waals surface area contributed by atoms with Crippen molar-refractivity contribution in [2.45, 2.75) is 25.3 Å². The third-order valence-electron chi connectivity index (χ3n) is 3.70. The van der Waals surface area contributed by atoms with E-state index in [9.17, 15) is 0 Å². The number of halogens is 1. The molecule has 1 heterocycles. The summed E-state index contributed by atoms with van der Waals surface area (Å²) >= 11 is 8.54. The zero-order valence-electron chi connectivity index (χ0n) is 11.2. The number of likely N-dealkylation sites (tertiary alicyclic amines) is 1. The molecule has 0 amide bonds. The third-order valence-corrected chi connectivity index (χ3v) is 4.60. The van der Waals surface area contributed by atoms with E-state index < -0.39 is 0 Å². The average Bonchev–Trinajstić information content (AvgIpc) is 2.39. The molecule has 0 aliphatic carbocycles. The van der Waals surface area contributed by atoms with Crippen molar-refractivity contribution in [1.29, 1.82) is 0 Å². The first kappa shape index (κ1) is 14.8. The smallest absolute Gasteiger partial charge is 0.104 e. The van der Waals surface area contributed by atoms with Gasteiger partial charge in [-0.3, -0.25) is 0 Å². The zero-order chi connectivity index (χ0) is 13.8. The Morgan fingerprint density at radius 1 is 1.53 bits per heavy atom. The molecule has 0 aromatic heterocycles. The monoisotopic (exact) mass is 341 g/mol. The molecule has 1 saturated heterocycles. The molecule has 0 spiro atoms. The summed E-state index contributed by atoms with van der Waals surface area (Å²) in [6, 6.07) is 6.58. The maximum atomic E-state index is 5.63. The van der Waals surface area contributed by atoms with Crippen LogP contribution in [0.3, 0.4) is 0 Å². The minimum atomic E-state index is 0.430.